The van der Waals surface area contributed by atoms with Gasteiger partial charge in [0.1, 0.15) is 4.90 Å². The molecule has 0 saturated carbocycles. The van der Waals surface area contributed by atoms with E-state index in [-0.39, 0.29) is 29.8 Å². The van der Waals surface area contributed by atoms with Gasteiger partial charge in [0.2, 0.25) is 26.0 Å². The maximum atomic E-state index is 12.4. The molecule has 0 aliphatic carbocycles. The van der Waals surface area contributed by atoms with E-state index in [9.17, 15) is 21.6 Å². The minimum Gasteiger partial charge on any atom is -0.351 e. The number of hydrogen-bond donors (Lipinski definition) is 2. The number of carbonyl (C=O) groups excluding carboxylic acids is 1. The van der Waals surface area contributed by atoms with Crippen LogP contribution in [0.2, 0.25) is 0 Å². The van der Waals surface area contributed by atoms with Gasteiger partial charge < -0.3 is 5.32 Å². The van der Waals surface area contributed by atoms with Crippen molar-refractivity contribution in [3.8, 4) is 0 Å². The molecule has 164 valence electrons. The zero-order valence-electron chi connectivity index (χ0n) is 17.1. The molecule has 0 aliphatic heterocycles. The van der Waals surface area contributed by atoms with Gasteiger partial charge in [0.25, 0.3) is 0 Å². The van der Waals surface area contributed by atoms with Crippen LogP contribution in [0.5, 0.6) is 0 Å². The van der Waals surface area contributed by atoms with Crippen LogP contribution in [0, 0.1) is 0 Å². The molecule has 0 unspecified atom stereocenters. The zero-order chi connectivity index (χ0) is 22.4. The first-order valence-electron chi connectivity index (χ1n) is 9.20. The quantitative estimate of drug-likeness (QED) is 0.548. The highest BCUT2D eigenvalue weighted by atomic mass is 32.2. The molecular formula is C19H26N4O5S2. The van der Waals surface area contributed by atoms with Gasteiger partial charge in [0, 0.05) is 32.0 Å². The van der Waals surface area contributed by atoms with E-state index in [2.05, 4.69) is 15.0 Å². The summed E-state index contributed by atoms with van der Waals surface area (Å²) in [5, 5.41) is 2.66. The fraction of sp³-hybridized carbons (Fsp3) is 0.368. The summed E-state index contributed by atoms with van der Waals surface area (Å²) in [5.41, 5.74) is 1.39. The summed E-state index contributed by atoms with van der Waals surface area (Å²) in [6.45, 7) is 3.36. The molecule has 0 fully saturated rings. The largest absolute Gasteiger partial charge is 0.351 e. The second-order valence-corrected chi connectivity index (χ2v) is 10.9. The molecule has 0 bridgehead atoms. The fourth-order valence-corrected chi connectivity index (χ4v) is 5.12. The molecule has 1 heterocycles. The van der Waals surface area contributed by atoms with Crippen LogP contribution in [0.15, 0.2) is 53.7 Å². The highest BCUT2D eigenvalue weighted by molar-refractivity contribution is 7.89. The van der Waals surface area contributed by atoms with Crippen molar-refractivity contribution in [1.29, 1.82) is 0 Å². The third-order valence-corrected chi connectivity index (χ3v) is 7.32. The lowest BCUT2D eigenvalue weighted by Gasteiger charge is -2.16. The molecule has 2 rings (SSSR count). The highest BCUT2D eigenvalue weighted by Gasteiger charge is 2.23. The summed E-state index contributed by atoms with van der Waals surface area (Å²) >= 11 is 0. The van der Waals surface area contributed by atoms with E-state index in [0.717, 1.165) is 9.87 Å². The SMILES string of the molecule is CC(C)NS(=O)(=O)Cc1ccc(CNC(=O)CN(C)S(=O)(=O)c2cccnc2)cc1. The first-order chi connectivity index (χ1) is 14.0. The Morgan fingerprint density at radius 2 is 1.70 bits per heavy atom. The Kier molecular flexibility index (Phi) is 8.07. The van der Waals surface area contributed by atoms with Crippen molar-refractivity contribution >= 4 is 26.0 Å². The predicted molar refractivity (Wildman–Crippen MR) is 113 cm³/mol. The standard InChI is InChI=1S/C19H26N4O5S2/c1-15(2)22-29(25,26)14-17-8-6-16(7-9-17)11-21-19(24)13-23(3)30(27,28)18-5-4-10-20-12-18/h4-10,12,15,22H,11,13-14H2,1-3H3,(H,21,24). The number of rotatable bonds is 10. The number of nitrogens with zero attached hydrogens (tertiary/aromatic N) is 2. The van der Waals surface area contributed by atoms with E-state index < -0.39 is 26.0 Å². The molecule has 2 aromatic rings. The van der Waals surface area contributed by atoms with Crippen LogP contribution < -0.4 is 10.0 Å². The second kappa shape index (κ2) is 10.1. The van der Waals surface area contributed by atoms with Crippen LogP contribution in [0.25, 0.3) is 0 Å². The lowest BCUT2D eigenvalue weighted by molar-refractivity contribution is -0.121. The van der Waals surface area contributed by atoms with Crippen LogP contribution in [0.4, 0.5) is 0 Å². The van der Waals surface area contributed by atoms with Gasteiger partial charge >= 0.3 is 0 Å². The van der Waals surface area contributed by atoms with Gasteiger partial charge in [0.15, 0.2) is 0 Å². The number of hydrogen-bond acceptors (Lipinski definition) is 6. The molecular weight excluding hydrogens is 428 g/mol. The number of carbonyl (C=O) groups is 1. The number of nitrogens with one attached hydrogen (secondary N) is 2. The Morgan fingerprint density at radius 1 is 1.07 bits per heavy atom. The number of pyridine rings is 1. The number of amides is 1. The Morgan fingerprint density at radius 3 is 2.27 bits per heavy atom. The average Bonchev–Trinajstić information content (AvgIpc) is 2.66. The second-order valence-electron chi connectivity index (χ2n) is 7.07. The van der Waals surface area contributed by atoms with Gasteiger partial charge in [-0.2, -0.15) is 4.31 Å². The molecule has 0 atom stereocenters. The van der Waals surface area contributed by atoms with Crippen LogP contribution in [-0.2, 0) is 37.1 Å². The first-order valence-corrected chi connectivity index (χ1v) is 12.3. The van der Waals surface area contributed by atoms with E-state index in [4.69, 9.17) is 0 Å². The summed E-state index contributed by atoms with van der Waals surface area (Å²) in [4.78, 5) is 15.9. The van der Waals surface area contributed by atoms with Crippen molar-refractivity contribution in [2.24, 2.45) is 0 Å². The van der Waals surface area contributed by atoms with Crippen molar-refractivity contribution in [1.82, 2.24) is 19.3 Å². The third kappa shape index (κ3) is 7.17. The van der Waals surface area contributed by atoms with E-state index in [1.807, 2.05) is 0 Å². The maximum absolute atomic E-state index is 12.4. The van der Waals surface area contributed by atoms with E-state index in [0.29, 0.717) is 5.56 Å². The molecule has 30 heavy (non-hydrogen) atoms. The lowest BCUT2D eigenvalue weighted by atomic mass is 10.1. The Bertz CT molecular complexity index is 1050. The van der Waals surface area contributed by atoms with Gasteiger partial charge in [-0.05, 0) is 37.1 Å². The number of sulfonamides is 2. The van der Waals surface area contributed by atoms with Crippen molar-refractivity contribution in [2.75, 3.05) is 13.6 Å². The Labute approximate surface area is 177 Å². The van der Waals surface area contributed by atoms with Gasteiger partial charge in [-0.25, -0.2) is 21.6 Å². The zero-order valence-corrected chi connectivity index (χ0v) is 18.7. The molecule has 0 saturated heterocycles. The lowest BCUT2D eigenvalue weighted by Crippen LogP contribution is -2.38. The molecule has 9 nitrogen and oxygen atoms in total. The summed E-state index contributed by atoms with van der Waals surface area (Å²) < 4.78 is 52.2. The van der Waals surface area contributed by atoms with Crippen LogP contribution in [0.1, 0.15) is 25.0 Å². The van der Waals surface area contributed by atoms with E-state index in [1.165, 1.54) is 31.6 Å². The van der Waals surface area contributed by atoms with Crippen LogP contribution >= 0.6 is 0 Å². The summed E-state index contributed by atoms with van der Waals surface area (Å²) in [6, 6.07) is 9.54. The van der Waals surface area contributed by atoms with Gasteiger partial charge in [-0.1, -0.05) is 24.3 Å². The molecule has 11 heteroatoms. The normalized spacial score (nSPS) is 12.3. The summed E-state index contributed by atoms with van der Waals surface area (Å²) in [7, 11) is -5.89. The minimum atomic E-state index is -3.80. The predicted octanol–water partition coefficient (Wildman–Crippen LogP) is 0.846. The van der Waals surface area contributed by atoms with Crippen molar-refractivity contribution in [3.63, 3.8) is 0 Å². The monoisotopic (exact) mass is 454 g/mol. The molecule has 0 spiro atoms. The molecule has 0 aliphatic rings. The number of aromatic nitrogens is 1. The van der Waals surface area contributed by atoms with Crippen molar-refractivity contribution < 1.29 is 21.6 Å². The maximum Gasteiger partial charge on any atom is 0.244 e. The van der Waals surface area contributed by atoms with Crippen LogP contribution in [0.3, 0.4) is 0 Å². The van der Waals surface area contributed by atoms with E-state index in [1.54, 1.807) is 38.1 Å². The summed E-state index contributed by atoms with van der Waals surface area (Å²) in [6.07, 6.45) is 2.69. The topological polar surface area (TPSA) is 126 Å². The number of likely N-dealkylation sites (N-methyl/N-ethyl adjacent to an activating group) is 1. The molecule has 1 aromatic carbocycles. The smallest absolute Gasteiger partial charge is 0.244 e. The van der Waals surface area contributed by atoms with E-state index >= 15 is 0 Å². The Balaban J connectivity index is 1.89. The molecule has 0 radical (unpaired) electrons. The van der Waals surface area contributed by atoms with Gasteiger partial charge in [-0.15, -0.1) is 0 Å². The van der Waals surface area contributed by atoms with Crippen molar-refractivity contribution in [2.45, 2.75) is 37.1 Å². The first kappa shape index (κ1) is 23.9. The number of benzene rings is 1. The van der Waals surface area contributed by atoms with Gasteiger partial charge in [-0.3, -0.25) is 9.78 Å². The van der Waals surface area contributed by atoms with Crippen molar-refractivity contribution in [3.05, 3.63) is 59.9 Å². The highest BCUT2D eigenvalue weighted by Crippen LogP contribution is 2.12. The minimum absolute atomic E-state index is 0.0118. The molecule has 2 N–H and O–H groups in total. The fourth-order valence-electron chi connectivity index (χ4n) is 2.60. The Hall–Kier alpha value is -2.34. The average molecular weight is 455 g/mol. The van der Waals surface area contributed by atoms with Gasteiger partial charge in [0.05, 0.1) is 12.3 Å². The third-order valence-electron chi connectivity index (χ3n) is 3.99. The van der Waals surface area contributed by atoms with Crippen LogP contribution in [-0.4, -0.2) is 51.7 Å². The molecule has 1 aromatic heterocycles. The molecule has 1 amide bonds. The summed E-state index contributed by atoms with van der Waals surface area (Å²) in [5.74, 6) is -0.591.